The van der Waals surface area contributed by atoms with Crippen molar-refractivity contribution in [2.45, 2.75) is 24.2 Å². The Kier molecular flexibility index (Phi) is 5.23. The first-order valence-electron chi connectivity index (χ1n) is 7.97. The first-order valence-corrected chi connectivity index (χ1v) is 9.52. The van der Waals surface area contributed by atoms with Gasteiger partial charge in [0.05, 0.1) is 16.2 Å². The van der Waals surface area contributed by atoms with E-state index in [2.05, 4.69) is 4.98 Å². The topological polar surface area (TPSA) is 94.8 Å². The molecule has 3 aromatic rings. The maximum atomic E-state index is 12.5. The number of rotatable bonds is 5. The molecule has 0 fully saturated rings. The van der Waals surface area contributed by atoms with Gasteiger partial charge in [-0.25, -0.2) is 18.2 Å². The standard InChI is InChI=1S/C18H14F2N2O5S/c1-11-3-2-8-22-15(23)9-13(21-16(11)22)10-27-17(24)12-4-6-14(7-5-12)28(25,26)18(19)20/h2-9,18H,10H2,1H3. The van der Waals surface area contributed by atoms with Gasteiger partial charge in [0.15, 0.2) is 0 Å². The smallest absolute Gasteiger partial charge is 0.341 e. The van der Waals surface area contributed by atoms with E-state index >= 15 is 0 Å². The van der Waals surface area contributed by atoms with Gasteiger partial charge in [-0.3, -0.25) is 9.20 Å². The van der Waals surface area contributed by atoms with Crippen molar-refractivity contribution in [3.05, 3.63) is 75.8 Å². The summed E-state index contributed by atoms with van der Waals surface area (Å²) < 4.78 is 54.3. The van der Waals surface area contributed by atoms with Crippen molar-refractivity contribution in [3.8, 4) is 0 Å². The number of carbonyl (C=O) groups is 1. The lowest BCUT2D eigenvalue weighted by molar-refractivity contribution is 0.0467. The minimum atomic E-state index is -4.74. The maximum Gasteiger partial charge on any atom is 0.341 e. The van der Waals surface area contributed by atoms with Crippen LogP contribution in [0.15, 0.2) is 58.4 Å². The Balaban J connectivity index is 1.77. The number of ether oxygens (including phenoxy) is 1. The summed E-state index contributed by atoms with van der Waals surface area (Å²) in [5.41, 5.74) is 1.08. The number of nitrogens with zero attached hydrogens (tertiary/aromatic N) is 2. The summed E-state index contributed by atoms with van der Waals surface area (Å²) >= 11 is 0. The Morgan fingerprint density at radius 1 is 1.21 bits per heavy atom. The van der Waals surface area contributed by atoms with E-state index in [1.807, 2.05) is 0 Å². The number of carbonyl (C=O) groups excluding carboxylic acids is 1. The fourth-order valence-corrected chi connectivity index (χ4v) is 3.21. The molecule has 28 heavy (non-hydrogen) atoms. The van der Waals surface area contributed by atoms with E-state index in [1.165, 1.54) is 10.5 Å². The molecule has 2 aromatic heterocycles. The first kappa shape index (κ1) is 19.6. The summed E-state index contributed by atoms with van der Waals surface area (Å²) in [4.78, 5) is 27.9. The predicted molar refractivity (Wildman–Crippen MR) is 95.0 cm³/mol. The summed E-state index contributed by atoms with van der Waals surface area (Å²) in [6, 6.07) is 8.69. The number of aromatic nitrogens is 2. The van der Waals surface area contributed by atoms with Crippen molar-refractivity contribution in [3.63, 3.8) is 0 Å². The Bertz CT molecular complexity index is 1200. The zero-order valence-corrected chi connectivity index (χ0v) is 15.3. The van der Waals surface area contributed by atoms with Crippen molar-refractivity contribution in [1.29, 1.82) is 0 Å². The van der Waals surface area contributed by atoms with E-state index in [-0.39, 0.29) is 23.4 Å². The number of hydrogen-bond donors (Lipinski definition) is 0. The molecule has 0 bridgehead atoms. The van der Waals surface area contributed by atoms with E-state index < -0.39 is 26.5 Å². The van der Waals surface area contributed by atoms with Crippen LogP contribution >= 0.6 is 0 Å². The van der Waals surface area contributed by atoms with Gasteiger partial charge >= 0.3 is 11.7 Å². The number of benzene rings is 1. The summed E-state index contributed by atoms with van der Waals surface area (Å²) in [6.07, 6.45) is 1.57. The number of hydrogen-bond acceptors (Lipinski definition) is 6. The van der Waals surface area contributed by atoms with Crippen molar-refractivity contribution in [2.75, 3.05) is 0 Å². The van der Waals surface area contributed by atoms with Gasteiger partial charge in [-0.2, -0.15) is 8.78 Å². The van der Waals surface area contributed by atoms with Crippen molar-refractivity contribution < 1.29 is 26.7 Å². The molecule has 0 unspecified atom stereocenters. The van der Waals surface area contributed by atoms with E-state index in [9.17, 15) is 26.8 Å². The summed E-state index contributed by atoms with van der Waals surface area (Å²) in [7, 11) is -4.74. The van der Waals surface area contributed by atoms with Crippen molar-refractivity contribution >= 4 is 21.5 Å². The number of halogens is 2. The van der Waals surface area contributed by atoms with Crippen LogP contribution < -0.4 is 5.56 Å². The van der Waals surface area contributed by atoms with Gasteiger partial charge in [0.25, 0.3) is 5.56 Å². The molecular formula is C18H14F2N2O5S. The van der Waals surface area contributed by atoms with E-state index in [1.54, 1.807) is 25.3 Å². The van der Waals surface area contributed by atoms with Gasteiger partial charge in [0, 0.05) is 12.3 Å². The Morgan fingerprint density at radius 2 is 1.89 bits per heavy atom. The van der Waals surface area contributed by atoms with Crippen LogP contribution in [0.5, 0.6) is 0 Å². The van der Waals surface area contributed by atoms with Crippen LogP contribution in [0.1, 0.15) is 21.6 Å². The van der Waals surface area contributed by atoms with Gasteiger partial charge in [-0.05, 0) is 42.8 Å². The maximum absolute atomic E-state index is 12.5. The second kappa shape index (κ2) is 7.47. The number of pyridine rings is 1. The molecule has 7 nitrogen and oxygen atoms in total. The highest BCUT2D eigenvalue weighted by Gasteiger charge is 2.26. The highest BCUT2D eigenvalue weighted by Crippen LogP contribution is 2.19. The van der Waals surface area contributed by atoms with Gasteiger partial charge < -0.3 is 4.74 Å². The quantitative estimate of drug-likeness (QED) is 0.602. The molecule has 0 N–H and O–H groups in total. The highest BCUT2D eigenvalue weighted by atomic mass is 32.2. The van der Waals surface area contributed by atoms with E-state index in [0.717, 1.165) is 29.8 Å². The molecule has 0 spiro atoms. The van der Waals surface area contributed by atoms with Gasteiger partial charge in [0.1, 0.15) is 12.3 Å². The molecule has 2 heterocycles. The summed E-state index contributed by atoms with van der Waals surface area (Å²) in [5.74, 6) is -4.36. The molecule has 0 aliphatic heterocycles. The lowest BCUT2D eigenvalue weighted by atomic mass is 10.2. The molecule has 0 saturated carbocycles. The third-order valence-corrected chi connectivity index (χ3v) is 5.34. The van der Waals surface area contributed by atoms with Crippen LogP contribution in [-0.2, 0) is 21.2 Å². The van der Waals surface area contributed by atoms with Crippen LogP contribution in [-0.4, -0.2) is 29.5 Å². The van der Waals surface area contributed by atoms with Crippen LogP contribution in [0, 0.1) is 6.92 Å². The van der Waals surface area contributed by atoms with Crippen LogP contribution in [0.3, 0.4) is 0 Å². The van der Waals surface area contributed by atoms with Crippen molar-refractivity contribution in [1.82, 2.24) is 9.38 Å². The zero-order chi connectivity index (χ0) is 20.5. The highest BCUT2D eigenvalue weighted by molar-refractivity contribution is 7.91. The largest absolute Gasteiger partial charge is 0.456 e. The number of esters is 1. The van der Waals surface area contributed by atoms with Crippen LogP contribution in [0.25, 0.3) is 5.65 Å². The monoisotopic (exact) mass is 408 g/mol. The normalized spacial score (nSPS) is 11.7. The third kappa shape index (κ3) is 3.77. The Hall–Kier alpha value is -3.14. The molecule has 3 rings (SSSR count). The second-order valence-electron chi connectivity index (χ2n) is 5.88. The molecule has 0 amide bonds. The van der Waals surface area contributed by atoms with E-state index in [0.29, 0.717) is 5.65 Å². The second-order valence-corrected chi connectivity index (χ2v) is 7.79. The molecule has 0 saturated heterocycles. The van der Waals surface area contributed by atoms with Gasteiger partial charge in [-0.15, -0.1) is 0 Å². The third-order valence-electron chi connectivity index (χ3n) is 3.94. The van der Waals surface area contributed by atoms with Gasteiger partial charge in [-0.1, -0.05) is 6.07 Å². The molecule has 146 valence electrons. The minimum absolute atomic E-state index is 0.0260. The summed E-state index contributed by atoms with van der Waals surface area (Å²) in [6.45, 7) is 1.50. The van der Waals surface area contributed by atoms with Gasteiger partial charge in [0.2, 0.25) is 9.84 Å². The zero-order valence-electron chi connectivity index (χ0n) is 14.5. The molecular weight excluding hydrogens is 394 g/mol. The molecule has 0 atom stereocenters. The Labute approximate surface area is 158 Å². The first-order chi connectivity index (χ1) is 13.2. The van der Waals surface area contributed by atoms with E-state index in [4.69, 9.17) is 4.74 Å². The number of fused-ring (bicyclic) bond motifs is 1. The van der Waals surface area contributed by atoms with Crippen LogP contribution in [0.2, 0.25) is 0 Å². The molecule has 0 radical (unpaired) electrons. The predicted octanol–water partition coefficient (Wildman–Crippen LogP) is 2.36. The molecule has 10 heteroatoms. The fraction of sp³-hybridized carbons (Fsp3) is 0.167. The molecule has 0 aliphatic carbocycles. The number of sulfone groups is 1. The number of alkyl halides is 2. The molecule has 1 aromatic carbocycles. The fourth-order valence-electron chi connectivity index (χ4n) is 2.49. The summed E-state index contributed by atoms with van der Waals surface area (Å²) in [5, 5.41) is 0. The average Bonchev–Trinajstić information content (AvgIpc) is 2.67. The minimum Gasteiger partial charge on any atom is -0.456 e. The lowest BCUT2D eigenvalue weighted by Gasteiger charge is -2.08. The van der Waals surface area contributed by atoms with Crippen LogP contribution in [0.4, 0.5) is 8.78 Å². The Morgan fingerprint density at radius 3 is 2.54 bits per heavy atom. The average molecular weight is 408 g/mol. The lowest BCUT2D eigenvalue weighted by Crippen LogP contribution is -2.17. The number of aryl methyl sites for hydroxylation is 1. The SMILES string of the molecule is Cc1cccn2c(=O)cc(COC(=O)c3ccc(S(=O)(=O)C(F)F)cc3)nc12. The van der Waals surface area contributed by atoms with Crippen molar-refractivity contribution in [2.24, 2.45) is 0 Å². The molecule has 0 aliphatic rings.